The van der Waals surface area contributed by atoms with E-state index in [2.05, 4.69) is 20.9 Å². The molecule has 0 saturated heterocycles. The molecule has 0 radical (unpaired) electrons. The highest BCUT2D eigenvalue weighted by atomic mass is 35.5. The third-order valence-corrected chi connectivity index (χ3v) is 5.18. The first kappa shape index (κ1) is 21.1. The standard InChI is InChI=1S/C19H16Cl3N5O2/c1-10-13(21)4-3-5-15(10)23-17(28)9-27-11(2)18(25-26-27)19(29)24-16-8-12(20)6-7-14(16)22/h3-8H,9H2,1-2H3,(H,23,28)(H,24,29). The molecule has 10 heteroatoms. The summed E-state index contributed by atoms with van der Waals surface area (Å²) in [5, 5.41) is 14.5. The molecule has 7 nitrogen and oxygen atoms in total. The molecule has 3 rings (SSSR count). The van der Waals surface area contributed by atoms with E-state index in [1.165, 1.54) is 10.7 Å². The lowest BCUT2D eigenvalue weighted by molar-refractivity contribution is -0.117. The average molecular weight is 453 g/mol. The van der Waals surface area contributed by atoms with Crippen molar-refractivity contribution in [3.05, 3.63) is 68.4 Å². The summed E-state index contributed by atoms with van der Waals surface area (Å²) >= 11 is 18.1. The minimum absolute atomic E-state index is 0.0766. The van der Waals surface area contributed by atoms with Gasteiger partial charge >= 0.3 is 0 Å². The molecule has 0 spiro atoms. The molecule has 29 heavy (non-hydrogen) atoms. The van der Waals surface area contributed by atoms with Gasteiger partial charge in [-0.2, -0.15) is 0 Å². The third-order valence-electron chi connectivity index (χ3n) is 4.21. The van der Waals surface area contributed by atoms with Crippen molar-refractivity contribution in [3.8, 4) is 0 Å². The number of carbonyl (C=O) groups is 2. The maximum Gasteiger partial charge on any atom is 0.278 e. The third kappa shape index (κ3) is 4.87. The van der Waals surface area contributed by atoms with Gasteiger partial charge in [0.25, 0.3) is 5.91 Å². The number of halogens is 3. The summed E-state index contributed by atoms with van der Waals surface area (Å²) in [6.07, 6.45) is 0. The van der Waals surface area contributed by atoms with E-state index in [-0.39, 0.29) is 18.1 Å². The van der Waals surface area contributed by atoms with Crippen LogP contribution in [-0.2, 0) is 11.3 Å². The van der Waals surface area contributed by atoms with E-state index < -0.39 is 5.91 Å². The van der Waals surface area contributed by atoms with Crippen LogP contribution in [-0.4, -0.2) is 26.8 Å². The Hall–Kier alpha value is -2.61. The zero-order chi connectivity index (χ0) is 21.1. The van der Waals surface area contributed by atoms with Crippen LogP contribution < -0.4 is 10.6 Å². The van der Waals surface area contributed by atoms with E-state index in [1.807, 2.05) is 6.92 Å². The normalized spacial score (nSPS) is 10.7. The number of rotatable bonds is 5. The number of hydrogen-bond donors (Lipinski definition) is 2. The number of anilines is 2. The molecule has 0 fully saturated rings. The number of nitrogens with one attached hydrogen (secondary N) is 2. The molecule has 0 unspecified atom stereocenters. The van der Waals surface area contributed by atoms with E-state index in [9.17, 15) is 9.59 Å². The summed E-state index contributed by atoms with van der Waals surface area (Å²) in [7, 11) is 0. The van der Waals surface area contributed by atoms with Crippen molar-refractivity contribution in [2.24, 2.45) is 0 Å². The minimum Gasteiger partial charge on any atom is -0.324 e. The van der Waals surface area contributed by atoms with Gasteiger partial charge < -0.3 is 10.6 Å². The Kier molecular flexibility index (Phi) is 6.42. The molecule has 0 aliphatic carbocycles. The quantitative estimate of drug-likeness (QED) is 0.585. The van der Waals surface area contributed by atoms with Gasteiger partial charge in [0, 0.05) is 15.7 Å². The molecule has 2 N–H and O–H groups in total. The Morgan fingerprint density at radius 2 is 1.76 bits per heavy atom. The Balaban J connectivity index is 1.71. The SMILES string of the molecule is Cc1c(Cl)cccc1NC(=O)Cn1nnc(C(=O)Nc2cc(Cl)ccc2Cl)c1C. The Morgan fingerprint density at radius 1 is 1.00 bits per heavy atom. The van der Waals surface area contributed by atoms with Crippen LogP contribution in [0.15, 0.2) is 36.4 Å². The highest BCUT2D eigenvalue weighted by Gasteiger charge is 2.19. The summed E-state index contributed by atoms with van der Waals surface area (Å²) in [5.41, 5.74) is 2.23. The molecule has 1 aromatic heterocycles. The van der Waals surface area contributed by atoms with Crippen LogP contribution in [0.1, 0.15) is 21.7 Å². The predicted molar refractivity (Wildman–Crippen MR) is 114 cm³/mol. The highest BCUT2D eigenvalue weighted by molar-refractivity contribution is 6.36. The number of hydrogen-bond acceptors (Lipinski definition) is 4. The van der Waals surface area contributed by atoms with Crippen LogP contribution >= 0.6 is 34.8 Å². The maximum atomic E-state index is 12.5. The predicted octanol–water partition coefficient (Wildman–Crippen LogP) is 4.75. The van der Waals surface area contributed by atoms with Crippen LogP contribution in [0.5, 0.6) is 0 Å². The molecule has 0 saturated carbocycles. The largest absolute Gasteiger partial charge is 0.324 e. The molecule has 0 aliphatic heterocycles. The van der Waals surface area contributed by atoms with Gasteiger partial charge in [0.15, 0.2) is 5.69 Å². The van der Waals surface area contributed by atoms with E-state index in [4.69, 9.17) is 34.8 Å². The van der Waals surface area contributed by atoms with Crippen LogP contribution in [0, 0.1) is 13.8 Å². The van der Waals surface area contributed by atoms with Gasteiger partial charge in [-0.05, 0) is 49.7 Å². The topological polar surface area (TPSA) is 88.9 Å². The summed E-state index contributed by atoms with van der Waals surface area (Å²) < 4.78 is 1.34. The first-order valence-corrected chi connectivity index (χ1v) is 9.61. The van der Waals surface area contributed by atoms with Crippen molar-refractivity contribution in [1.29, 1.82) is 0 Å². The second-order valence-electron chi connectivity index (χ2n) is 6.22. The van der Waals surface area contributed by atoms with Crippen LogP contribution in [0.2, 0.25) is 15.1 Å². The molecule has 1 heterocycles. The number of carbonyl (C=O) groups excluding carboxylic acids is 2. The summed E-state index contributed by atoms with van der Waals surface area (Å²) in [5.74, 6) is -0.836. The van der Waals surface area contributed by atoms with Gasteiger partial charge in [0.05, 0.1) is 16.4 Å². The molecule has 2 aromatic carbocycles. The average Bonchev–Trinajstić information content (AvgIpc) is 3.02. The smallest absolute Gasteiger partial charge is 0.278 e. The van der Waals surface area contributed by atoms with E-state index in [1.54, 1.807) is 37.3 Å². The first-order valence-electron chi connectivity index (χ1n) is 8.47. The number of benzene rings is 2. The van der Waals surface area contributed by atoms with Gasteiger partial charge in [-0.3, -0.25) is 9.59 Å². The first-order chi connectivity index (χ1) is 13.8. The molecule has 0 atom stereocenters. The fraction of sp³-hybridized carbons (Fsp3) is 0.158. The molecular formula is C19H16Cl3N5O2. The molecule has 2 amide bonds. The fourth-order valence-electron chi connectivity index (χ4n) is 2.56. The summed E-state index contributed by atoms with van der Waals surface area (Å²) in [6.45, 7) is 3.34. The van der Waals surface area contributed by atoms with E-state index in [0.717, 1.165) is 5.56 Å². The highest BCUT2D eigenvalue weighted by Crippen LogP contribution is 2.26. The Morgan fingerprint density at radius 3 is 2.52 bits per heavy atom. The lowest BCUT2D eigenvalue weighted by atomic mass is 10.2. The second-order valence-corrected chi connectivity index (χ2v) is 7.47. The minimum atomic E-state index is -0.510. The van der Waals surface area contributed by atoms with Gasteiger partial charge in [-0.25, -0.2) is 4.68 Å². The van der Waals surface area contributed by atoms with Gasteiger partial charge in [0.1, 0.15) is 6.54 Å². The summed E-state index contributed by atoms with van der Waals surface area (Å²) in [6, 6.07) is 9.95. The Bertz CT molecular complexity index is 1100. The van der Waals surface area contributed by atoms with Crippen molar-refractivity contribution >= 4 is 58.0 Å². The monoisotopic (exact) mass is 451 g/mol. The van der Waals surface area contributed by atoms with Gasteiger partial charge in [-0.1, -0.05) is 46.1 Å². The molecular weight excluding hydrogens is 437 g/mol. The van der Waals surface area contributed by atoms with Crippen LogP contribution in [0.25, 0.3) is 0 Å². The van der Waals surface area contributed by atoms with Gasteiger partial charge in [-0.15, -0.1) is 5.10 Å². The van der Waals surface area contributed by atoms with Crippen molar-refractivity contribution in [1.82, 2.24) is 15.0 Å². The zero-order valence-electron chi connectivity index (χ0n) is 15.5. The molecule has 150 valence electrons. The zero-order valence-corrected chi connectivity index (χ0v) is 17.7. The van der Waals surface area contributed by atoms with Crippen molar-refractivity contribution in [3.63, 3.8) is 0 Å². The molecule has 0 bridgehead atoms. The Labute approximate surface area is 181 Å². The van der Waals surface area contributed by atoms with Gasteiger partial charge in [0.2, 0.25) is 5.91 Å². The van der Waals surface area contributed by atoms with Crippen molar-refractivity contribution < 1.29 is 9.59 Å². The van der Waals surface area contributed by atoms with Crippen LogP contribution in [0.4, 0.5) is 11.4 Å². The van der Waals surface area contributed by atoms with Crippen molar-refractivity contribution in [2.45, 2.75) is 20.4 Å². The number of amides is 2. The van der Waals surface area contributed by atoms with E-state index >= 15 is 0 Å². The van der Waals surface area contributed by atoms with Crippen molar-refractivity contribution in [2.75, 3.05) is 10.6 Å². The lowest BCUT2D eigenvalue weighted by Gasteiger charge is -2.10. The number of nitrogens with zero attached hydrogens (tertiary/aromatic N) is 3. The molecule has 3 aromatic rings. The molecule has 0 aliphatic rings. The summed E-state index contributed by atoms with van der Waals surface area (Å²) in [4.78, 5) is 24.9. The fourth-order valence-corrected chi connectivity index (χ4v) is 3.08. The second kappa shape index (κ2) is 8.82. The lowest BCUT2D eigenvalue weighted by Crippen LogP contribution is -2.21. The van der Waals surface area contributed by atoms with Crippen LogP contribution in [0.3, 0.4) is 0 Å². The van der Waals surface area contributed by atoms with E-state index in [0.29, 0.717) is 32.1 Å². The maximum absolute atomic E-state index is 12.5. The number of aromatic nitrogens is 3.